The molecule has 1 aliphatic heterocycles. The Morgan fingerprint density at radius 1 is 1.62 bits per heavy atom. The van der Waals surface area contributed by atoms with Crippen LogP contribution in [0.15, 0.2) is 0 Å². The Labute approximate surface area is 100 Å². The molecule has 1 rings (SSSR count). The molecule has 1 fully saturated rings. The normalized spacial score (nSPS) is 22.2. The van der Waals surface area contributed by atoms with Gasteiger partial charge in [0.15, 0.2) is 0 Å². The zero-order valence-electron chi connectivity index (χ0n) is 9.23. The maximum Gasteiger partial charge on any atom is 0.232 e. The fourth-order valence-electron chi connectivity index (χ4n) is 1.79. The molecule has 1 heterocycles. The summed E-state index contributed by atoms with van der Waals surface area (Å²) < 4.78 is 21.8. The molecule has 0 radical (unpaired) electrons. The third kappa shape index (κ3) is 3.13. The van der Waals surface area contributed by atoms with Crippen LogP contribution in [0.1, 0.15) is 20.3 Å². The van der Waals surface area contributed by atoms with E-state index < -0.39 is 14.6 Å². The molecule has 1 aliphatic rings. The summed E-state index contributed by atoms with van der Waals surface area (Å²) in [4.78, 5) is 13.2. The van der Waals surface area contributed by atoms with E-state index in [4.69, 9.17) is 17.1 Å². The summed E-state index contributed by atoms with van der Waals surface area (Å²) in [6.45, 7) is 3.85. The topological polar surface area (TPSA) is 54.5 Å². The number of carbonyl (C=O) groups is 1. The molecular formula is C10H14ClNO3S. The van der Waals surface area contributed by atoms with Crippen molar-refractivity contribution in [2.75, 3.05) is 12.3 Å². The number of hydrogen-bond donors (Lipinski definition) is 0. The molecule has 90 valence electrons. The Morgan fingerprint density at radius 3 is 2.62 bits per heavy atom. The number of amides is 1. The third-order valence-electron chi connectivity index (χ3n) is 2.67. The quantitative estimate of drug-likeness (QED) is 0.559. The Bertz CT molecular complexity index is 435. The van der Waals surface area contributed by atoms with E-state index in [0.717, 1.165) is 0 Å². The van der Waals surface area contributed by atoms with E-state index in [0.29, 0.717) is 6.54 Å². The van der Waals surface area contributed by atoms with Gasteiger partial charge in [0.05, 0.1) is 11.3 Å². The predicted octanol–water partition coefficient (Wildman–Crippen LogP) is 0.815. The van der Waals surface area contributed by atoms with Crippen molar-refractivity contribution in [2.24, 2.45) is 5.92 Å². The van der Waals surface area contributed by atoms with Crippen molar-refractivity contribution in [3.63, 3.8) is 0 Å². The molecule has 1 unspecified atom stereocenters. The van der Waals surface area contributed by atoms with Gasteiger partial charge in [0, 0.05) is 29.6 Å². The average molecular weight is 264 g/mol. The molecule has 0 aromatic heterocycles. The fraction of sp³-hybridized carbons (Fsp3) is 0.700. The van der Waals surface area contributed by atoms with Crippen LogP contribution in [0.3, 0.4) is 0 Å². The van der Waals surface area contributed by atoms with Crippen molar-refractivity contribution in [2.45, 2.75) is 25.8 Å². The highest BCUT2D eigenvalue weighted by molar-refractivity contribution is 8.13. The molecule has 0 spiro atoms. The lowest BCUT2D eigenvalue weighted by molar-refractivity contribution is -0.130. The monoisotopic (exact) mass is 263 g/mol. The Balaban J connectivity index is 2.77. The summed E-state index contributed by atoms with van der Waals surface area (Å²) in [5, 5.41) is 0. The number of hydrogen-bond acceptors (Lipinski definition) is 3. The Kier molecular flexibility index (Phi) is 3.56. The Morgan fingerprint density at radius 2 is 2.19 bits per heavy atom. The minimum absolute atomic E-state index is 0.117. The van der Waals surface area contributed by atoms with Crippen LogP contribution in [0, 0.1) is 18.3 Å². The van der Waals surface area contributed by atoms with Gasteiger partial charge < -0.3 is 4.90 Å². The van der Waals surface area contributed by atoms with Crippen LogP contribution in [0.5, 0.6) is 0 Å². The number of terminal acetylenes is 1. The van der Waals surface area contributed by atoms with Crippen molar-refractivity contribution in [3.8, 4) is 12.3 Å². The van der Waals surface area contributed by atoms with Crippen LogP contribution in [-0.4, -0.2) is 37.1 Å². The van der Waals surface area contributed by atoms with Crippen LogP contribution in [-0.2, 0) is 13.8 Å². The molecule has 6 heteroatoms. The van der Waals surface area contributed by atoms with E-state index in [9.17, 15) is 13.2 Å². The highest BCUT2D eigenvalue weighted by Gasteiger charge is 2.39. The van der Waals surface area contributed by atoms with Gasteiger partial charge >= 0.3 is 0 Å². The van der Waals surface area contributed by atoms with E-state index in [1.54, 1.807) is 13.8 Å². The van der Waals surface area contributed by atoms with Crippen molar-refractivity contribution in [1.82, 2.24) is 4.90 Å². The van der Waals surface area contributed by atoms with Gasteiger partial charge in [0.1, 0.15) is 0 Å². The first-order valence-corrected chi connectivity index (χ1v) is 7.34. The lowest BCUT2D eigenvalue weighted by Crippen LogP contribution is -2.43. The first-order valence-electron chi connectivity index (χ1n) is 4.86. The van der Waals surface area contributed by atoms with E-state index >= 15 is 0 Å². The molecule has 0 aromatic carbocycles. The van der Waals surface area contributed by atoms with E-state index in [2.05, 4.69) is 5.92 Å². The summed E-state index contributed by atoms with van der Waals surface area (Å²) >= 11 is 0. The molecule has 1 amide bonds. The molecule has 0 bridgehead atoms. The number of nitrogens with zero attached hydrogens (tertiary/aromatic N) is 1. The van der Waals surface area contributed by atoms with Gasteiger partial charge in [-0.15, -0.1) is 6.42 Å². The molecule has 1 saturated heterocycles. The number of likely N-dealkylation sites (tertiary alicyclic amines) is 1. The largest absolute Gasteiger partial charge is 0.326 e. The predicted molar refractivity (Wildman–Crippen MR) is 62.4 cm³/mol. The SMILES string of the molecule is C#CC(C)(C)N1CC(CS(=O)(=O)Cl)CC1=O. The van der Waals surface area contributed by atoms with Gasteiger partial charge in [-0.05, 0) is 13.8 Å². The Hall–Kier alpha value is -0.730. The first-order chi connectivity index (χ1) is 7.15. The lowest BCUT2D eigenvalue weighted by Gasteiger charge is -2.30. The van der Waals surface area contributed by atoms with Gasteiger partial charge in [0.2, 0.25) is 15.0 Å². The van der Waals surface area contributed by atoms with Crippen molar-refractivity contribution >= 4 is 25.6 Å². The summed E-state index contributed by atoms with van der Waals surface area (Å²) in [6, 6.07) is 0. The standard InChI is InChI=1S/C10H14ClNO3S/c1-4-10(2,3)12-6-8(5-9(12)13)7-16(11,14)15/h1,8H,5-7H2,2-3H3. The van der Waals surface area contributed by atoms with Gasteiger partial charge in [0.25, 0.3) is 0 Å². The van der Waals surface area contributed by atoms with Crippen molar-refractivity contribution in [1.29, 1.82) is 0 Å². The summed E-state index contributed by atoms with van der Waals surface area (Å²) in [6.07, 6.45) is 5.52. The lowest BCUT2D eigenvalue weighted by atomic mass is 10.1. The molecule has 0 saturated carbocycles. The highest BCUT2D eigenvalue weighted by Crippen LogP contribution is 2.27. The fourth-order valence-corrected chi connectivity index (χ4v) is 3.11. The number of rotatable bonds is 3. The number of halogens is 1. The van der Waals surface area contributed by atoms with Crippen LogP contribution in [0.25, 0.3) is 0 Å². The summed E-state index contributed by atoms with van der Waals surface area (Å²) in [7, 11) is 1.59. The second kappa shape index (κ2) is 4.27. The average Bonchev–Trinajstić information content (AvgIpc) is 2.44. The van der Waals surface area contributed by atoms with Gasteiger partial charge in [-0.3, -0.25) is 4.79 Å². The number of carbonyl (C=O) groups excluding carboxylic acids is 1. The highest BCUT2D eigenvalue weighted by atomic mass is 35.7. The van der Waals surface area contributed by atoms with Crippen LogP contribution in [0.4, 0.5) is 0 Å². The van der Waals surface area contributed by atoms with E-state index in [-0.39, 0.29) is 24.0 Å². The second-order valence-electron chi connectivity index (χ2n) is 4.48. The molecule has 0 N–H and O–H groups in total. The van der Waals surface area contributed by atoms with E-state index in [1.807, 2.05) is 0 Å². The van der Waals surface area contributed by atoms with Crippen LogP contribution < -0.4 is 0 Å². The summed E-state index contributed by atoms with van der Waals surface area (Å²) in [5.41, 5.74) is -0.679. The maximum atomic E-state index is 11.7. The molecule has 16 heavy (non-hydrogen) atoms. The smallest absolute Gasteiger partial charge is 0.232 e. The summed E-state index contributed by atoms with van der Waals surface area (Å²) in [5.74, 6) is 1.96. The van der Waals surface area contributed by atoms with E-state index in [1.165, 1.54) is 4.90 Å². The van der Waals surface area contributed by atoms with Crippen molar-refractivity contribution in [3.05, 3.63) is 0 Å². The molecule has 0 aliphatic carbocycles. The zero-order valence-corrected chi connectivity index (χ0v) is 10.8. The van der Waals surface area contributed by atoms with Crippen LogP contribution >= 0.6 is 10.7 Å². The zero-order chi connectivity index (χ0) is 12.6. The van der Waals surface area contributed by atoms with Gasteiger partial charge in [-0.25, -0.2) is 8.42 Å². The second-order valence-corrected chi connectivity index (χ2v) is 7.30. The first kappa shape index (κ1) is 13.3. The minimum Gasteiger partial charge on any atom is -0.326 e. The maximum absolute atomic E-state index is 11.7. The van der Waals surface area contributed by atoms with Gasteiger partial charge in [-0.1, -0.05) is 5.92 Å². The molecule has 4 nitrogen and oxygen atoms in total. The molecular weight excluding hydrogens is 250 g/mol. The van der Waals surface area contributed by atoms with Crippen molar-refractivity contribution < 1.29 is 13.2 Å². The van der Waals surface area contributed by atoms with Crippen LogP contribution in [0.2, 0.25) is 0 Å². The molecule has 1 atom stereocenters. The minimum atomic E-state index is -3.56. The third-order valence-corrected chi connectivity index (χ3v) is 3.92. The van der Waals surface area contributed by atoms with Gasteiger partial charge in [-0.2, -0.15) is 0 Å². The molecule has 0 aromatic rings.